The number of rotatable bonds is 8. The number of aliphatic hydroxyl groups excluding tert-OH is 6. The molecule has 11 nitrogen and oxygen atoms in total. The van der Waals surface area contributed by atoms with Crippen molar-refractivity contribution in [3.63, 3.8) is 0 Å². The minimum absolute atomic E-state index is 0.437. The molecule has 2 fully saturated rings. The van der Waals surface area contributed by atoms with Crippen molar-refractivity contribution in [1.29, 1.82) is 0 Å². The van der Waals surface area contributed by atoms with Crippen molar-refractivity contribution in [3.8, 4) is 0 Å². The van der Waals surface area contributed by atoms with Gasteiger partial charge in [0.05, 0.1) is 12.7 Å². The van der Waals surface area contributed by atoms with E-state index < -0.39 is 74.0 Å². The molecule has 0 aliphatic carbocycles. The third kappa shape index (κ3) is 7.54. The monoisotopic (exact) mass is 476 g/mol. The van der Waals surface area contributed by atoms with Crippen LogP contribution in [0.25, 0.3) is 0 Å². The van der Waals surface area contributed by atoms with Crippen LogP contribution in [0, 0.1) is 0 Å². The molecule has 11 heteroatoms. The Bertz CT molecular complexity index is 704. The van der Waals surface area contributed by atoms with Crippen LogP contribution >= 0.6 is 0 Å². The van der Waals surface area contributed by atoms with Crippen molar-refractivity contribution in [2.75, 3.05) is 6.61 Å². The van der Waals surface area contributed by atoms with Gasteiger partial charge in [0.25, 0.3) is 0 Å². The van der Waals surface area contributed by atoms with Gasteiger partial charge in [0.15, 0.2) is 6.29 Å². The highest BCUT2D eigenvalue weighted by atomic mass is 16.7. The van der Waals surface area contributed by atoms with Crippen molar-refractivity contribution >= 4 is 5.97 Å². The Kier molecular flexibility index (Phi) is 10.4. The first-order valence-corrected chi connectivity index (χ1v) is 10.9. The lowest BCUT2D eigenvalue weighted by atomic mass is 9.98. The van der Waals surface area contributed by atoms with Crippen LogP contribution < -0.4 is 0 Å². The molecule has 0 aromatic carbocycles. The van der Waals surface area contributed by atoms with Gasteiger partial charge in [-0.3, -0.25) is 0 Å². The van der Waals surface area contributed by atoms with E-state index in [-0.39, 0.29) is 0 Å². The average Bonchev–Trinajstić information content (AvgIpc) is 2.74. The first-order valence-electron chi connectivity index (χ1n) is 10.9. The van der Waals surface area contributed by atoms with Crippen LogP contribution in [0.15, 0.2) is 23.3 Å². The molecule has 33 heavy (non-hydrogen) atoms. The molecule has 0 unspecified atom stereocenters. The molecule has 0 spiro atoms. The Labute approximate surface area is 192 Å². The van der Waals surface area contributed by atoms with Crippen LogP contribution in [0.1, 0.15) is 40.5 Å². The molecule has 0 amide bonds. The van der Waals surface area contributed by atoms with Gasteiger partial charge in [-0.15, -0.1) is 0 Å². The number of allylic oxidation sites excluding steroid dienone is 3. The largest absolute Gasteiger partial charge is 0.430 e. The minimum atomic E-state index is -1.70. The zero-order chi connectivity index (χ0) is 24.9. The number of carbonyl (C=O) groups is 1. The van der Waals surface area contributed by atoms with E-state index in [1.807, 2.05) is 19.9 Å². The molecule has 2 rings (SSSR count). The Morgan fingerprint density at radius 2 is 1.45 bits per heavy atom. The number of hydrogen-bond donors (Lipinski definition) is 6. The predicted octanol–water partition coefficient (Wildman–Crippen LogP) is -1.13. The fourth-order valence-corrected chi connectivity index (χ4v) is 3.50. The first-order chi connectivity index (χ1) is 15.4. The first kappa shape index (κ1) is 27.8. The predicted molar refractivity (Wildman–Crippen MR) is 114 cm³/mol. The second kappa shape index (κ2) is 12.3. The highest BCUT2D eigenvalue weighted by Gasteiger charge is 2.47. The summed E-state index contributed by atoms with van der Waals surface area (Å²) in [6.45, 7) is 6.75. The number of esters is 1. The van der Waals surface area contributed by atoms with Gasteiger partial charge in [0.1, 0.15) is 42.7 Å². The van der Waals surface area contributed by atoms with Crippen LogP contribution in [0.2, 0.25) is 0 Å². The van der Waals surface area contributed by atoms with Crippen LogP contribution in [0.3, 0.4) is 0 Å². The van der Waals surface area contributed by atoms with Gasteiger partial charge in [-0.2, -0.15) is 0 Å². The summed E-state index contributed by atoms with van der Waals surface area (Å²) < 4.78 is 21.2. The van der Waals surface area contributed by atoms with Crippen molar-refractivity contribution in [1.82, 2.24) is 0 Å². The van der Waals surface area contributed by atoms with Crippen LogP contribution in [0.5, 0.6) is 0 Å². The molecular formula is C22H36O11. The third-order valence-electron chi connectivity index (χ3n) is 5.59. The molecule has 10 atom stereocenters. The molecule has 0 aromatic heterocycles. The maximum Gasteiger partial charge on any atom is 0.333 e. The van der Waals surface area contributed by atoms with E-state index >= 15 is 0 Å². The smallest absolute Gasteiger partial charge is 0.333 e. The quantitative estimate of drug-likeness (QED) is 0.142. The number of hydrogen-bond acceptors (Lipinski definition) is 11. The van der Waals surface area contributed by atoms with Gasteiger partial charge in [0.2, 0.25) is 6.29 Å². The minimum Gasteiger partial charge on any atom is -0.430 e. The summed E-state index contributed by atoms with van der Waals surface area (Å²) in [7, 11) is 0. The summed E-state index contributed by atoms with van der Waals surface area (Å²) >= 11 is 0. The van der Waals surface area contributed by atoms with Gasteiger partial charge in [-0.1, -0.05) is 17.2 Å². The molecule has 0 aromatic rings. The molecule has 2 aliphatic heterocycles. The fraction of sp³-hybridized carbons (Fsp3) is 0.773. The van der Waals surface area contributed by atoms with Crippen LogP contribution in [-0.2, 0) is 23.7 Å². The molecule has 2 aliphatic rings. The van der Waals surface area contributed by atoms with Gasteiger partial charge in [0, 0.05) is 6.08 Å². The van der Waals surface area contributed by atoms with E-state index in [0.717, 1.165) is 17.6 Å². The van der Waals surface area contributed by atoms with E-state index in [1.54, 1.807) is 6.92 Å². The Morgan fingerprint density at radius 3 is 2.09 bits per heavy atom. The Hall–Kier alpha value is -1.41. The molecular weight excluding hydrogens is 440 g/mol. The van der Waals surface area contributed by atoms with E-state index in [0.29, 0.717) is 6.42 Å². The normalized spacial score (nSPS) is 39.8. The summed E-state index contributed by atoms with van der Waals surface area (Å²) in [4.78, 5) is 12.2. The highest BCUT2D eigenvalue weighted by Crippen LogP contribution is 2.26. The molecule has 0 bridgehead atoms. The molecule has 0 radical (unpaired) electrons. The van der Waals surface area contributed by atoms with E-state index in [1.165, 1.54) is 13.0 Å². The van der Waals surface area contributed by atoms with Crippen molar-refractivity contribution in [2.45, 2.75) is 102 Å². The Morgan fingerprint density at radius 1 is 0.848 bits per heavy atom. The van der Waals surface area contributed by atoms with E-state index in [4.69, 9.17) is 18.9 Å². The number of ether oxygens (including phenoxy) is 4. The lowest BCUT2D eigenvalue weighted by molar-refractivity contribution is -0.323. The van der Waals surface area contributed by atoms with Crippen molar-refractivity contribution in [2.24, 2.45) is 0 Å². The maximum absolute atomic E-state index is 12.2. The summed E-state index contributed by atoms with van der Waals surface area (Å²) in [5, 5.41) is 60.2. The summed E-state index contributed by atoms with van der Waals surface area (Å²) in [5.41, 5.74) is 1.91. The topological polar surface area (TPSA) is 175 Å². The number of carbonyl (C=O) groups excluding carboxylic acids is 1. The average molecular weight is 477 g/mol. The van der Waals surface area contributed by atoms with Crippen molar-refractivity contribution in [3.05, 3.63) is 23.3 Å². The lowest BCUT2D eigenvalue weighted by Gasteiger charge is -2.42. The Balaban J connectivity index is 1.96. The molecule has 2 heterocycles. The zero-order valence-electron chi connectivity index (χ0n) is 19.3. The zero-order valence-corrected chi connectivity index (χ0v) is 19.3. The highest BCUT2D eigenvalue weighted by molar-refractivity contribution is 5.82. The van der Waals surface area contributed by atoms with E-state index in [2.05, 4.69) is 0 Å². The number of aliphatic hydroxyl groups is 6. The van der Waals surface area contributed by atoms with Gasteiger partial charge < -0.3 is 49.6 Å². The molecule has 6 N–H and O–H groups in total. The summed E-state index contributed by atoms with van der Waals surface area (Å²) in [6.07, 6.45) is -9.70. The van der Waals surface area contributed by atoms with Gasteiger partial charge in [-0.05, 0) is 40.5 Å². The third-order valence-corrected chi connectivity index (χ3v) is 5.59. The van der Waals surface area contributed by atoms with Crippen molar-refractivity contribution < 1.29 is 54.4 Å². The fourth-order valence-electron chi connectivity index (χ4n) is 3.50. The second-order valence-electron chi connectivity index (χ2n) is 8.78. The summed E-state index contributed by atoms with van der Waals surface area (Å²) in [5.74, 6) is -0.783. The second-order valence-corrected chi connectivity index (χ2v) is 8.78. The SMILES string of the molecule is CC(C)=CCC/C(C)=C/C(=O)O[C@@H]1O[C@H](CO[C@@H]2O[C@@H](C)[C@H](O)[C@@H](O)[C@H]2O)[C@@H](O)[C@H](O)[C@H]1O. The van der Waals surface area contributed by atoms with Crippen LogP contribution in [0.4, 0.5) is 0 Å². The standard InChI is InChI=1S/C22H36O11/c1-10(2)6-5-7-11(3)8-14(23)33-22-20(29)18(27)16(25)13(32-22)9-30-21-19(28)17(26)15(24)12(4)31-21/h6,8,12-13,15-22,24-29H,5,7,9H2,1-4H3/b11-8+/t12-,13+,15-,16+,17+,18-,19+,20+,21+,22-/m0/s1. The summed E-state index contributed by atoms with van der Waals surface area (Å²) in [6, 6.07) is 0. The maximum atomic E-state index is 12.2. The molecule has 190 valence electrons. The molecule has 2 saturated heterocycles. The lowest BCUT2D eigenvalue weighted by Crippen LogP contribution is -2.61. The molecule has 0 saturated carbocycles. The van der Waals surface area contributed by atoms with Gasteiger partial charge >= 0.3 is 5.97 Å². The van der Waals surface area contributed by atoms with E-state index in [9.17, 15) is 35.4 Å². The van der Waals surface area contributed by atoms with Gasteiger partial charge in [-0.25, -0.2) is 4.79 Å². The van der Waals surface area contributed by atoms with Crippen LogP contribution in [-0.4, -0.2) is 105 Å².